The minimum absolute atomic E-state index is 0.0596. The molecule has 8 heteroatoms. The number of primary amides is 1. The summed E-state index contributed by atoms with van der Waals surface area (Å²) in [5, 5.41) is 9.24. The first-order valence-corrected chi connectivity index (χ1v) is 9.05. The molecule has 2 aromatic rings. The highest BCUT2D eigenvalue weighted by molar-refractivity contribution is 5.98. The van der Waals surface area contributed by atoms with Gasteiger partial charge in [0.15, 0.2) is 0 Å². The lowest BCUT2D eigenvalue weighted by molar-refractivity contribution is -0.120. The highest BCUT2D eigenvalue weighted by Crippen LogP contribution is 2.45. The monoisotopic (exact) mass is 366 g/mol. The van der Waals surface area contributed by atoms with Crippen LogP contribution < -0.4 is 21.7 Å². The largest absolute Gasteiger partial charge is 0.367 e. The summed E-state index contributed by atoms with van der Waals surface area (Å²) < 4.78 is 0. The Bertz CT molecular complexity index is 888. The van der Waals surface area contributed by atoms with Crippen LogP contribution in [-0.2, 0) is 4.79 Å². The number of rotatable bonds is 7. The summed E-state index contributed by atoms with van der Waals surface area (Å²) in [4.78, 5) is 32.2. The molecule has 0 aliphatic heterocycles. The Morgan fingerprint density at radius 2 is 1.81 bits per heavy atom. The van der Waals surface area contributed by atoms with E-state index < -0.39 is 5.91 Å². The SMILES string of the molecule is CC1(C(=O)Nc2ccc(Nc3ncc(C(N)=O)c(NC4CC4)n3)cc2)CC1. The maximum absolute atomic E-state index is 12.1. The number of benzene rings is 1. The summed E-state index contributed by atoms with van der Waals surface area (Å²) in [6.45, 7) is 1.97. The molecular weight excluding hydrogens is 344 g/mol. The van der Waals surface area contributed by atoms with Crippen molar-refractivity contribution < 1.29 is 9.59 Å². The second kappa shape index (κ2) is 6.53. The van der Waals surface area contributed by atoms with Crippen LogP contribution in [0.2, 0.25) is 0 Å². The third kappa shape index (κ3) is 3.99. The van der Waals surface area contributed by atoms with Crippen molar-refractivity contribution in [1.82, 2.24) is 9.97 Å². The first-order chi connectivity index (χ1) is 12.9. The lowest BCUT2D eigenvalue weighted by Crippen LogP contribution is -2.21. The molecule has 1 aromatic heterocycles. The molecule has 2 aliphatic rings. The lowest BCUT2D eigenvalue weighted by atomic mass is 10.1. The first-order valence-electron chi connectivity index (χ1n) is 9.05. The Hall–Kier alpha value is -3.16. The fraction of sp³-hybridized carbons (Fsp3) is 0.368. The van der Waals surface area contributed by atoms with Crippen molar-refractivity contribution in [1.29, 1.82) is 0 Å². The zero-order valence-corrected chi connectivity index (χ0v) is 15.1. The molecule has 2 fully saturated rings. The molecule has 4 rings (SSSR count). The van der Waals surface area contributed by atoms with Gasteiger partial charge in [-0.2, -0.15) is 4.98 Å². The Balaban J connectivity index is 1.45. The topological polar surface area (TPSA) is 122 Å². The summed E-state index contributed by atoms with van der Waals surface area (Å²) in [5.41, 5.74) is 6.98. The molecule has 2 saturated carbocycles. The van der Waals surface area contributed by atoms with Gasteiger partial charge in [0, 0.05) is 29.0 Å². The summed E-state index contributed by atoms with van der Waals surface area (Å²) in [6, 6.07) is 7.66. The number of carbonyl (C=O) groups is 2. The van der Waals surface area contributed by atoms with Gasteiger partial charge in [0.2, 0.25) is 11.9 Å². The fourth-order valence-electron chi connectivity index (χ4n) is 2.62. The van der Waals surface area contributed by atoms with Crippen molar-refractivity contribution in [2.75, 3.05) is 16.0 Å². The molecule has 0 bridgehead atoms. The lowest BCUT2D eigenvalue weighted by Gasteiger charge is -2.12. The van der Waals surface area contributed by atoms with Crippen molar-refractivity contribution in [2.24, 2.45) is 11.1 Å². The Morgan fingerprint density at radius 3 is 2.41 bits per heavy atom. The number of nitrogens with one attached hydrogen (secondary N) is 3. The molecule has 8 nitrogen and oxygen atoms in total. The van der Waals surface area contributed by atoms with E-state index in [2.05, 4.69) is 25.9 Å². The molecular formula is C19H22N6O2. The van der Waals surface area contributed by atoms with Crippen molar-refractivity contribution in [3.63, 3.8) is 0 Å². The number of nitrogens with two attached hydrogens (primary N) is 1. The van der Waals surface area contributed by atoms with Crippen LogP contribution in [0, 0.1) is 5.41 Å². The average molecular weight is 366 g/mol. The minimum atomic E-state index is -0.561. The molecule has 5 N–H and O–H groups in total. The van der Waals surface area contributed by atoms with E-state index in [4.69, 9.17) is 5.73 Å². The molecule has 0 unspecified atom stereocenters. The van der Waals surface area contributed by atoms with Gasteiger partial charge < -0.3 is 21.7 Å². The Kier molecular flexibility index (Phi) is 4.18. The van der Waals surface area contributed by atoms with Gasteiger partial charge in [0.1, 0.15) is 5.82 Å². The number of hydrogen-bond acceptors (Lipinski definition) is 6. The zero-order valence-electron chi connectivity index (χ0n) is 15.1. The number of nitrogens with zero attached hydrogens (tertiary/aromatic N) is 2. The average Bonchev–Trinajstić information content (AvgIpc) is 3.55. The van der Waals surface area contributed by atoms with Crippen LogP contribution >= 0.6 is 0 Å². The Labute approximate surface area is 157 Å². The van der Waals surface area contributed by atoms with E-state index in [1.54, 1.807) is 0 Å². The van der Waals surface area contributed by atoms with E-state index in [-0.39, 0.29) is 16.9 Å². The molecule has 27 heavy (non-hydrogen) atoms. The van der Waals surface area contributed by atoms with E-state index in [0.717, 1.165) is 37.1 Å². The zero-order chi connectivity index (χ0) is 19.0. The van der Waals surface area contributed by atoms with E-state index in [1.807, 2.05) is 31.2 Å². The minimum Gasteiger partial charge on any atom is -0.367 e. The normalized spacial score (nSPS) is 17.1. The number of hydrogen-bond donors (Lipinski definition) is 4. The van der Waals surface area contributed by atoms with Gasteiger partial charge in [-0.1, -0.05) is 6.92 Å². The quantitative estimate of drug-likeness (QED) is 0.597. The van der Waals surface area contributed by atoms with Crippen LogP contribution in [-0.4, -0.2) is 27.8 Å². The van der Waals surface area contributed by atoms with Crippen molar-refractivity contribution >= 4 is 35.0 Å². The molecule has 2 aliphatic carbocycles. The molecule has 1 heterocycles. The van der Waals surface area contributed by atoms with Crippen LogP contribution in [0.15, 0.2) is 30.5 Å². The highest BCUT2D eigenvalue weighted by atomic mass is 16.2. The van der Waals surface area contributed by atoms with Gasteiger partial charge in [-0.15, -0.1) is 0 Å². The number of amides is 2. The van der Waals surface area contributed by atoms with Crippen molar-refractivity contribution in [2.45, 2.75) is 38.6 Å². The van der Waals surface area contributed by atoms with Crippen LogP contribution in [0.3, 0.4) is 0 Å². The van der Waals surface area contributed by atoms with Gasteiger partial charge in [-0.05, 0) is 49.9 Å². The maximum atomic E-state index is 12.1. The maximum Gasteiger partial charge on any atom is 0.254 e. The molecule has 0 radical (unpaired) electrons. The molecule has 1 aromatic carbocycles. The van der Waals surface area contributed by atoms with Crippen molar-refractivity contribution in [3.8, 4) is 0 Å². The number of carbonyl (C=O) groups excluding carboxylic acids is 2. The number of aromatic nitrogens is 2. The standard InChI is InChI=1S/C19H22N6O2/c1-19(8-9-19)17(27)23-12-4-6-13(7-5-12)24-18-21-10-14(15(20)26)16(25-18)22-11-2-3-11/h4-7,10-11H,2-3,8-9H2,1H3,(H2,20,26)(H,23,27)(H2,21,22,24,25). The van der Waals surface area contributed by atoms with Gasteiger partial charge in [-0.3, -0.25) is 9.59 Å². The highest BCUT2D eigenvalue weighted by Gasteiger charge is 2.44. The second-order valence-electron chi connectivity index (χ2n) is 7.46. The molecule has 2 amide bonds. The predicted octanol–water partition coefficient (Wildman–Crippen LogP) is 2.63. The van der Waals surface area contributed by atoms with E-state index in [0.29, 0.717) is 17.8 Å². The third-order valence-electron chi connectivity index (χ3n) is 4.92. The van der Waals surface area contributed by atoms with Gasteiger partial charge in [0.05, 0.1) is 5.56 Å². The van der Waals surface area contributed by atoms with Crippen LogP contribution in [0.5, 0.6) is 0 Å². The molecule has 140 valence electrons. The molecule has 0 saturated heterocycles. The van der Waals surface area contributed by atoms with E-state index in [1.165, 1.54) is 6.20 Å². The van der Waals surface area contributed by atoms with Crippen LogP contribution in [0.25, 0.3) is 0 Å². The summed E-state index contributed by atoms with van der Waals surface area (Å²) in [7, 11) is 0. The third-order valence-corrected chi connectivity index (χ3v) is 4.92. The van der Waals surface area contributed by atoms with E-state index >= 15 is 0 Å². The predicted molar refractivity (Wildman–Crippen MR) is 103 cm³/mol. The van der Waals surface area contributed by atoms with Gasteiger partial charge in [-0.25, -0.2) is 4.98 Å². The fourth-order valence-corrected chi connectivity index (χ4v) is 2.62. The van der Waals surface area contributed by atoms with Crippen molar-refractivity contribution in [3.05, 3.63) is 36.0 Å². The summed E-state index contributed by atoms with van der Waals surface area (Å²) in [6.07, 6.45) is 5.41. The summed E-state index contributed by atoms with van der Waals surface area (Å²) in [5.74, 6) is 0.313. The van der Waals surface area contributed by atoms with Crippen LogP contribution in [0.4, 0.5) is 23.1 Å². The number of anilines is 4. The van der Waals surface area contributed by atoms with Crippen LogP contribution in [0.1, 0.15) is 43.0 Å². The van der Waals surface area contributed by atoms with E-state index in [9.17, 15) is 9.59 Å². The molecule has 0 spiro atoms. The summed E-state index contributed by atoms with van der Waals surface area (Å²) >= 11 is 0. The Morgan fingerprint density at radius 1 is 1.15 bits per heavy atom. The molecule has 0 atom stereocenters. The van der Waals surface area contributed by atoms with Gasteiger partial charge >= 0.3 is 0 Å². The second-order valence-corrected chi connectivity index (χ2v) is 7.46. The van der Waals surface area contributed by atoms with Gasteiger partial charge in [0.25, 0.3) is 5.91 Å². The smallest absolute Gasteiger partial charge is 0.254 e. The first kappa shape index (κ1) is 17.3.